The lowest BCUT2D eigenvalue weighted by Gasteiger charge is -2.17. The van der Waals surface area contributed by atoms with Crippen molar-refractivity contribution < 1.29 is 9.59 Å². The van der Waals surface area contributed by atoms with Gasteiger partial charge in [-0.2, -0.15) is 0 Å². The number of benzene rings is 3. The topological polar surface area (TPSA) is 37.4 Å². The number of fused-ring (bicyclic) bond motifs is 1. The number of ketones is 1. The molecule has 0 N–H and O–H groups in total. The average Bonchev–Trinajstić information content (AvgIpc) is 2.95. The maximum Gasteiger partial charge on any atom is 0.259 e. The molecule has 27 heavy (non-hydrogen) atoms. The summed E-state index contributed by atoms with van der Waals surface area (Å²) in [5.41, 5.74) is 3.66. The second-order valence-electron chi connectivity index (χ2n) is 6.32. The van der Waals surface area contributed by atoms with Crippen LogP contribution in [-0.4, -0.2) is 11.7 Å². The Balaban J connectivity index is 1.70. The summed E-state index contributed by atoms with van der Waals surface area (Å²) in [6, 6.07) is 24.6. The summed E-state index contributed by atoms with van der Waals surface area (Å²) in [6.45, 7) is 0.473. The van der Waals surface area contributed by atoms with Crippen LogP contribution < -0.4 is 4.90 Å². The Morgan fingerprint density at radius 3 is 2.30 bits per heavy atom. The molecule has 0 spiro atoms. The van der Waals surface area contributed by atoms with Gasteiger partial charge in [-0.1, -0.05) is 64.5 Å². The van der Waals surface area contributed by atoms with E-state index in [4.69, 9.17) is 0 Å². The molecule has 132 valence electrons. The summed E-state index contributed by atoms with van der Waals surface area (Å²) in [4.78, 5) is 27.5. The highest BCUT2D eigenvalue weighted by Gasteiger charge is 2.32. The van der Waals surface area contributed by atoms with Gasteiger partial charge in [0.15, 0.2) is 5.78 Å². The molecule has 1 aliphatic rings. The number of carbonyl (C=O) groups is 2. The van der Waals surface area contributed by atoms with E-state index in [1.165, 1.54) is 6.08 Å². The molecule has 0 bridgehead atoms. The number of para-hydroxylation sites is 1. The third-order valence-corrected chi connectivity index (χ3v) is 5.08. The minimum absolute atomic E-state index is 0.148. The smallest absolute Gasteiger partial charge is 0.259 e. The van der Waals surface area contributed by atoms with E-state index >= 15 is 0 Å². The van der Waals surface area contributed by atoms with Crippen LogP contribution >= 0.6 is 15.9 Å². The molecule has 4 rings (SSSR count). The average molecular weight is 418 g/mol. The zero-order valence-corrected chi connectivity index (χ0v) is 16.0. The Morgan fingerprint density at radius 2 is 1.56 bits per heavy atom. The molecular weight excluding hydrogens is 402 g/mol. The van der Waals surface area contributed by atoms with Crippen molar-refractivity contribution in [1.82, 2.24) is 0 Å². The predicted molar refractivity (Wildman–Crippen MR) is 111 cm³/mol. The number of allylic oxidation sites excluding steroid dienone is 1. The van der Waals surface area contributed by atoms with Crippen LogP contribution in [0.4, 0.5) is 5.69 Å². The number of hydrogen-bond acceptors (Lipinski definition) is 2. The predicted octanol–water partition coefficient (Wildman–Crippen LogP) is 5.26. The van der Waals surface area contributed by atoms with Crippen molar-refractivity contribution in [1.29, 1.82) is 0 Å². The van der Waals surface area contributed by atoms with Crippen LogP contribution in [0.5, 0.6) is 0 Å². The highest BCUT2D eigenvalue weighted by molar-refractivity contribution is 9.10. The van der Waals surface area contributed by atoms with Crippen LogP contribution in [0, 0.1) is 0 Å². The summed E-state index contributed by atoms with van der Waals surface area (Å²) in [6.07, 6.45) is 1.45. The van der Waals surface area contributed by atoms with Crippen LogP contribution in [0.3, 0.4) is 0 Å². The van der Waals surface area contributed by atoms with Crippen molar-refractivity contribution in [3.8, 4) is 0 Å². The monoisotopic (exact) mass is 417 g/mol. The molecule has 0 unspecified atom stereocenters. The highest BCUT2D eigenvalue weighted by atomic mass is 79.9. The molecule has 3 nitrogen and oxygen atoms in total. The molecule has 1 amide bonds. The van der Waals surface area contributed by atoms with E-state index in [9.17, 15) is 9.59 Å². The van der Waals surface area contributed by atoms with Crippen LogP contribution in [-0.2, 0) is 11.3 Å². The van der Waals surface area contributed by atoms with Crippen molar-refractivity contribution in [2.45, 2.75) is 6.54 Å². The van der Waals surface area contributed by atoms with E-state index in [1.807, 2.05) is 66.7 Å². The molecule has 0 saturated carbocycles. The molecule has 0 fully saturated rings. The van der Waals surface area contributed by atoms with E-state index in [-0.39, 0.29) is 11.7 Å². The van der Waals surface area contributed by atoms with Gasteiger partial charge in [0.05, 0.1) is 17.8 Å². The summed E-state index contributed by atoms with van der Waals surface area (Å²) in [7, 11) is 0. The summed E-state index contributed by atoms with van der Waals surface area (Å²) < 4.78 is 0.906. The molecule has 1 heterocycles. The minimum atomic E-state index is -0.179. The first-order valence-corrected chi connectivity index (χ1v) is 9.39. The Labute approximate surface area is 166 Å². The van der Waals surface area contributed by atoms with Gasteiger partial charge in [-0.3, -0.25) is 9.59 Å². The number of amides is 1. The fourth-order valence-corrected chi connectivity index (χ4v) is 3.46. The zero-order chi connectivity index (χ0) is 18.8. The first-order chi connectivity index (χ1) is 13.1. The van der Waals surface area contributed by atoms with Gasteiger partial charge in [-0.15, -0.1) is 0 Å². The van der Waals surface area contributed by atoms with Gasteiger partial charge in [0, 0.05) is 15.6 Å². The number of halogens is 1. The van der Waals surface area contributed by atoms with Gasteiger partial charge < -0.3 is 4.90 Å². The number of rotatable bonds is 4. The largest absolute Gasteiger partial charge is 0.303 e. The number of nitrogens with zero attached hydrogens (tertiary/aromatic N) is 1. The number of hydrogen-bond donors (Lipinski definition) is 0. The molecule has 4 heteroatoms. The first-order valence-electron chi connectivity index (χ1n) is 8.60. The normalized spacial score (nSPS) is 14.5. The lowest BCUT2D eigenvalue weighted by Crippen LogP contribution is -2.25. The third kappa shape index (κ3) is 3.49. The molecule has 0 aliphatic carbocycles. The van der Waals surface area contributed by atoms with E-state index in [2.05, 4.69) is 15.9 Å². The van der Waals surface area contributed by atoms with Gasteiger partial charge in [-0.25, -0.2) is 0 Å². The van der Waals surface area contributed by atoms with Gasteiger partial charge >= 0.3 is 0 Å². The van der Waals surface area contributed by atoms with E-state index in [0.717, 1.165) is 21.3 Å². The lowest BCUT2D eigenvalue weighted by atomic mass is 10.0. The van der Waals surface area contributed by atoms with Crippen LogP contribution in [0.15, 0.2) is 89.4 Å². The molecule has 3 aromatic rings. The van der Waals surface area contributed by atoms with Gasteiger partial charge in [-0.05, 0) is 42.0 Å². The Hall–Kier alpha value is -2.98. The second kappa shape index (κ2) is 7.33. The van der Waals surface area contributed by atoms with Crippen LogP contribution in [0.1, 0.15) is 21.5 Å². The maximum atomic E-state index is 13.1. The van der Waals surface area contributed by atoms with Crippen molar-refractivity contribution in [2.75, 3.05) is 4.90 Å². The molecular formula is C23H16BrNO2. The SMILES string of the molecule is O=C(/C=C1/C(=O)N(Cc2ccccc2)c2ccccc21)c1ccc(Br)cc1. The standard InChI is InChI=1S/C23H16BrNO2/c24-18-12-10-17(11-13-18)22(26)14-20-19-8-4-5-9-21(19)25(23(20)27)15-16-6-2-1-3-7-16/h1-14H,15H2/b20-14+. The van der Waals surface area contributed by atoms with E-state index < -0.39 is 0 Å². The molecule has 1 aliphatic heterocycles. The Kier molecular flexibility index (Phi) is 4.73. The summed E-state index contributed by atoms with van der Waals surface area (Å²) >= 11 is 3.37. The zero-order valence-electron chi connectivity index (χ0n) is 14.4. The second-order valence-corrected chi connectivity index (χ2v) is 7.24. The Bertz CT molecular complexity index is 1040. The van der Waals surface area contributed by atoms with Gasteiger partial charge in [0.25, 0.3) is 5.91 Å². The lowest BCUT2D eigenvalue weighted by molar-refractivity contribution is -0.113. The van der Waals surface area contributed by atoms with Crippen LogP contribution in [0.25, 0.3) is 5.57 Å². The molecule has 0 aromatic heterocycles. The Morgan fingerprint density at radius 1 is 0.889 bits per heavy atom. The molecule has 3 aromatic carbocycles. The maximum absolute atomic E-state index is 13.1. The summed E-state index contributed by atoms with van der Waals surface area (Å²) in [5, 5.41) is 0. The third-order valence-electron chi connectivity index (χ3n) is 4.55. The van der Waals surface area contributed by atoms with Crippen molar-refractivity contribution in [2.24, 2.45) is 0 Å². The molecule has 0 atom stereocenters. The van der Waals surface area contributed by atoms with Gasteiger partial charge in [0.2, 0.25) is 0 Å². The fraction of sp³-hybridized carbons (Fsp3) is 0.0435. The summed E-state index contributed by atoms with van der Waals surface area (Å²) in [5.74, 6) is -0.326. The van der Waals surface area contributed by atoms with E-state index in [1.54, 1.807) is 17.0 Å². The molecule has 0 saturated heterocycles. The fourth-order valence-electron chi connectivity index (χ4n) is 3.20. The first kappa shape index (κ1) is 17.4. The number of carbonyl (C=O) groups excluding carboxylic acids is 2. The minimum Gasteiger partial charge on any atom is -0.303 e. The number of anilines is 1. The van der Waals surface area contributed by atoms with Crippen LogP contribution in [0.2, 0.25) is 0 Å². The highest BCUT2D eigenvalue weighted by Crippen LogP contribution is 2.37. The quantitative estimate of drug-likeness (QED) is 0.428. The van der Waals surface area contributed by atoms with E-state index in [0.29, 0.717) is 17.7 Å². The molecule has 0 radical (unpaired) electrons. The van der Waals surface area contributed by atoms with Gasteiger partial charge in [0.1, 0.15) is 0 Å². The van der Waals surface area contributed by atoms with Crippen molar-refractivity contribution >= 4 is 38.9 Å². The van der Waals surface area contributed by atoms with Crippen molar-refractivity contribution in [3.63, 3.8) is 0 Å². The van der Waals surface area contributed by atoms with Crippen molar-refractivity contribution in [3.05, 3.63) is 106 Å².